The lowest BCUT2D eigenvalue weighted by molar-refractivity contribution is -0.133. The number of hydrogen-bond donors (Lipinski definition) is 0. The summed E-state index contributed by atoms with van der Waals surface area (Å²) in [6, 6.07) is 21.2. The van der Waals surface area contributed by atoms with Crippen LogP contribution in [0, 0.1) is 5.92 Å². The van der Waals surface area contributed by atoms with Crippen LogP contribution in [0.15, 0.2) is 71.3 Å². The molecule has 0 unspecified atom stereocenters. The van der Waals surface area contributed by atoms with Gasteiger partial charge in [0, 0.05) is 51.5 Å². The molecule has 7 nitrogen and oxygen atoms in total. The molecule has 2 atom stereocenters. The minimum Gasteiger partial charge on any atom is -0.490 e. The van der Waals surface area contributed by atoms with E-state index in [1.165, 1.54) is 0 Å². The van der Waals surface area contributed by atoms with E-state index >= 15 is 0 Å². The molecule has 0 spiro atoms. The molecule has 4 rings (SSSR count). The van der Waals surface area contributed by atoms with Crippen LogP contribution < -0.4 is 4.74 Å². The minimum atomic E-state index is -0.194. The van der Waals surface area contributed by atoms with Crippen molar-refractivity contribution in [2.75, 3.05) is 20.1 Å². The van der Waals surface area contributed by atoms with Gasteiger partial charge in [0.25, 0.3) is 5.91 Å². The van der Waals surface area contributed by atoms with Crippen LogP contribution in [0.1, 0.15) is 41.6 Å². The van der Waals surface area contributed by atoms with Gasteiger partial charge in [-0.15, -0.1) is 0 Å². The Kier molecular flexibility index (Phi) is 7.62. The van der Waals surface area contributed by atoms with E-state index in [2.05, 4.69) is 5.16 Å². The molecular formula is C27H31N3O4. The molecule has 178 valence electrons. The first-order chi connectivity index (χ1) is 16.5. The zero-order valence-electron chi connectivity index (χ0n) is 19.7. The number of rotatable bonds is 8. The van der Waals surface area contributed by atoms with Crippen LogP contribution in [0.4, 0.5) is 0 Å². The standard InChI is InChI=1S/C27H31N3O4/c1-3-22-17-25(34-28-22)27(32)30-15-14-24(33-23-12-8-5-9-13-23)21(19-30)16-26(31)29(2)18-20-10-6-4-7-11-20/h4-13,17,21,24H,3,14-16,18-19H2,1-2H3/t21-,24-/m0/s1. The van der Waals surface area contributed by atoms with Crippen molar-refractivity contribution in [3.05, 3.63) is 83.7 Å². The van der Waals surface area contributed by atoms with E-state index in [1.54, 1.807) is 15.9 Å². The summed E-state index contributed by atoms with van der Waals surface area (Å²) in [5, 5.41) is 3.94. The van der Waals surface area contributed by atoms with Gasteiger partial charge in [0.05, 0.1) is 5.69 Å². The van der Waals surface area contributed by atoms with E-state index in [0.717, 1.165) is 17.0 Å². The Morgan fingerprint density at radius 1 is 1.12 bits per heavy atom. The summed E-state index contributed by atoms with van der Waals surface area (Å²) in [6.07, 6.45) is 1.47. The van der Waals surface area contributed by atoms with E-state index in [-0.39, 0.29) is 29.6 Å². The van der Waals surface area contributed by atoms with Crippen molar-refractivity contribution in [1.82, 2.24) is 15.0 Å². The second-order valence-corrected chi connectivity index (χ2v) is 8.74. The molecule has 0 bridgehead atoms. The van der Waals surface area contributed by atoms with Gasteiger partial charge in [-0.2, -0.15) is 0 Å². The molecule has 1 aromatic heterocycles. The Hall–Kier alpha value is -3.61. The van der Waals surface area contributed by atoms with Crippen molar-refractivity contribution < 1.29 is 18.8 Å². The molecule has 1 aliphatic heterocycles. The molecule has 0 N–H and O–H groups in total. The van der Waals surface area contributed by atoms with E-state index < -0.39 is 0 Å². The number of likely N-dealkylation sites (tertiary alicyclic amines) is 1. The Labute approximate surface area is 200 Å². The number of aryl methyl sites for hydroxylation is 1. The number of hydrogen-bond acceptors (Lipinski definition) is 5. The average Bonchev–Trinajstić information content (AvgIpc) is 3.35. The fraction of sp³-hybridized carbons (Fsp3) is 0.370. The normalized spacial score (nSPS) is 17.9. The highest BCUT2D eigenvalue weighted by atomic mass is 16.5. The van der Waals surface area contributed by atoms with Gasteiger partial charge >= 0.3 is 0 Å². The van der Waals surface area contributed by atoms with Crippen LogP contribution in [0.5, 0.6) is 5.75 Å². The number of carbonyl (C=O) groups is 2. The number of benzene rings is 2. The summed E-state index contributed by atoms with van der Waals surface area (Å²) in [7, 11) is 1.81. The lowest BCUT2D eigenvalue weighted by Gasteiger charge is -2.38. The highest BCUT2D eigenvalue weighted by molar-refractivity contribution is 5.91. The molecule has 1 aliphatic rings. The number of amides is 2. The van der Waals surface area contributed by atoms with E-state index in [1.807, 2.05) is 74.6 Å². The molecule has 3 aromatic rings. The number of piperidine rings is 1. The summed E-state index contributed by atoms with van der Waals surface area (Å²) in [6.45, 7) is 3.45. The SMILES string of the molecule is CCc1cc(C(=O)N2CC[C@H](Oc3ccccc3)[C@@H](CC(=O)N(C)Cc3ccccc3)C2)on1. The summed E-state index contributed by atoms with van der Waals surface area (Å²) in [5.41, 5.74) is 1.83. The summed E-state index contributed by atoms with van der Waals surface area (Å²) >= 11 is 0. The van der Waals surface area contributed by atoms with Crippen molar-refractivity contribution in [3.8, 4) is 5.75 Å². The molecular weight excluding hydrogens is 430 g/mol. The number of nitrogens with zero attached hydrogens (tertiary/aromatic N) is 3. The zero-order chi connectivity index (χ0) is 23.9. The maximum atomic E-state index is 13.1. The predicted molar refractivity (Wildman–Crippen MR) is 128 cm³/mol. The maximum Gasteiger partial charge on any atom is 0.292 e. The first kappa shape index (κ1) is 23.5. The predicted octanol–water partition coefficient (Wildman–Crippen LogP) is 4.20. The zero-order valence-corrected chi connectivity index (χ0v) is 19.7. The van der Waals surface area contributed by atoms with Gasteiger partial charge in [-0.25, -0.2) is 0 Å². The number of carbonyl (C=O) groups excluding carboxylic acids is 2. The molecule has 2 aromatic carbocycles. The molecule has 7 heteroatoms. The van der Waals surface area contributed by atoms with Crippen LogP contribution in [0.25, 0.3) is 0 Å². The van der Waals surface area contributed by atoms with Crippen molar-refractivity contribution >= 4 is 11.8 Å². The number of ether oxygens (including phenoxy) is 1. The topological polar surface area (TPSA) is 75.9 Å². The summed E-state index contributed by atoms with van der Waals surface area (Å²) in [4.78, 5) is 29.7. The van der Waals surface area contributed by atoms with Gasteiger partial charge in [0.1, 0.15) is 11.9 Å². The minimum absolute atomic E-state index is 0.0257. The van der Waals surface area contributed by atoms with Crippen molar-refractivity contribution in [1.29, 1.82) is 0 Å². The number of para-hydroxylation sites is 1. The fourth-order valence-corrected chi connectivity index (χ4v) is 4.28. The smallest absolute Gasteiger partial charge is 0.292 e. The molecule has 2 heterocycles. The first-order valence-electron chi connectivity index (χ1n) is 11.8. The van der Waals surface area contributed by atoms with Crippen molar-refractivity contribution in [2.45, 2.75) is 38.8 Å². The second-order valence-electron chi connectivity index (χ2n) is 8.74. The fourth-order valence-electron chi connectivity index (χ4n) is 4.28. The van der Waals surface area contributed by atoms with Crippen molar-refractivity contribution in [3.63, 3.8) is 0 Å². The van der Waals surface area contributed by atoms with E-state index in [4.69, 9.17) is 9.26 Å². The highest BCUT2D eigenvalue weighted by Crippen LogP contribution is 2.27. The Bertz CT molecular complexity index is 1080. The Morgan fingerprint density at radius 2 is 1.82 bits per heavy atom. The molecule has 1 saturated heterocycles. The molecule has 2 amide bonds. The average molecular weight is 462 g/mol. The molecule has 0 radical (unpaired) electrons. The second kappa shape index (κ2) is 11.0. The maximum absolute atomic E-state index is 13.1. The largest absolute Gasteiger partial charge is 0.490 e. The molecule has 34 heavy (non-hydrogen) atoms. The number of aromatic nitrogens is 1. The lowest BCUT2D eigenvalue weighted by atomic mass is 9.90. The molecule has 0 aliphatic carbocycles. The third-order valence-corrected chi connectivity index (χ3v) is 6.24. The van der Waals surface area contributed by atoms with Crippen LogP contribution in [-0.4, -0.2) is 53.0 Å². The van der Waals surface area contributed by atoms with Gasteiger partial charge in [-0.05, 0) is 24.1 Å². The highest BCUT2D eigenvalue weighted by Gasteiger charge is 2.36. The summed E-state index contributed by atoms with van der Waals surface area (Å²) < 4.78 is 11.5. The van der Waals surface area contributed by atoms with Gasteiger partial charge in [0.15, 0.2) is 0 Å². The monoisotopic (exact) mass is 461 g/mol. The summed E-state index contributed by atoms with van der Waals surface area (Å²) in [5.74, 6) is 0.700. The van der Waals surface area contributed by atoms with Gasteiger partial charge in [0.2, 0.25) is 11.7 Å². The van der Waals surface area contributed by atoms with Gasteiger partial charge in [-0.3, -0.25) is 9.59 Å². The Morgan fingerprint density at radius 3 is 2.50 bits per heavy atom. The third kappa shape index (κ3) is 5.84. The van der Waals surface area contributed by atoms with E-state index in [9.17, 15) is 9.59 Å². The first-order valence-corrected chi connectivity index (χ1v) is 11.8. The third-order valence-electron chi connectivity index (χ3n) is 6.24. The molecule has 0 saturated carbocycles. The lowest BCUT2D eigenvalue weighted by Crippen LogP contribution is -2.49. The van der Waals surface area contributed by atoms with E-state index in [0.29, 0.717) is 38.9 Å². The van der Waals surface area contributed by atoms with Gasteiger partial charge < -0.3 is 19.1 Å². The van der Waals surface area contributed by atoms with Crippen LogP contribution in [-0.2, 0) is 17.8 Å². The van der Waals surface area contributed by atoms with Crippen LogP contribution in [0.3, 0.4) is 0 Å². The Balaban J connectivity index is 1.46. The quantitative estimate of drug-likeness (QED) is 0.503. The molecule has 1 fully saturated rings. The van der Waals surface area contributed by atoms with Crippen LogP contribution in [0.2, 0.25) is 0 Å². The van der Waals surface area contributed by atoms with Gasteiger partial charge in [-0.1, -0.05) is 60.6 Å². The van der Waals surface area contributed by atoms with Crippen LogP contribution >= 0.6 is 0 Å². The van der Waals surface area contributed by atoms with Crippen molar-refractivity contribution in [2.24, 2.45) is 5.92 Å².